The summed E-state index contributed by atoms with van der Waals surface area (Å²) < 4.78 is 1.92. The number of carbonyl (C=O) groups excluding carboxylic acids is 1. The van der Waals surface area contributed by atoms with E-state index in [9.17, 15) is 4.79 Å². The van der Waals surface area contributed by atoms with E-state index in [1.165, 1.54) is 0 Å². The highest BCUT2D eigenvalue weighted by Gasteiger charge is 2.23. The van der Waals surface area contributed by atoms with Crippen molar-refractivity contribution in [1.29, 1.82) is 0 Å². The van der Waals surface area contributed by atoms with E-state index in [-0.39, 0.29) is 5.91 Å². The molecule has 1 aliphatic rings. The highest BCUT2D eigenvalue weighted by Crippen LogP contribution is 2.27. The third-order valence-electron chi connectivity index (χ3n) is 5.24. The van der Waals surface area contributed by atoms with Crippen LogP contribution in [0.25, 0.3) is 11.0 Å². The molecular formula is C21H26N6O. The normalized spacial score (nSPS) is 16.4. The van der Waals surface area contributed by atoms with Gasteiger partial charge in [-0.3, -0.25) is 4.79 Å². The van der Waals surface area contributed by atoms with Crippen LogP contribution in [0.3, 0.4) is 0 Å². The van der Waals surface area contributed by atoms with Crippen molar-refractivity contribution in [1.82, 2.24) is 25.4 Å². The highest BCUT2D eigenvalue weighted by atomic mass is 16.1. The number of pyridine rings is 1. The van der Waals surface area contributed by atoms with Gasteiger partial charge in [0.05, 0.1) is 12.2 Å². The maximum Gasteiger partial charge on any atom is 0.251 e. The van der Waals surface area contributed by atoms with E-state index in [0.29, 0.717) is 24.6 Å². The molecule has 28 heavy (non-hydrogen) atoms. The maximum absolute atomic E-state index is 12.4. The van der Waals surface area contributed by atoms with Crippen LogP contribution in [0, 0.1) is 0 Å². The van der Waals surface area contributed by atoms with Gasteiger partial charge in [-0.15, -0.1) is 0 Å². The molecule has 2 N–H and O–H groups in total. The maximum atomic E-state index is 12.4. The average Bonchev–Trinajstić information content (AvgIpc) is 3.36. The minimum atomic E-state index is -0.0741. The number of amides is 1. The number of nitrogens with one attached hydrogen (secondary N) is 2. The Kier molecular flexibility index (Phi) is 5.25. The van der Waals surface area contributed by atoms with Crippen LogP contribution in [0.15, 0.2) is 42.6 Å². The van der Waals surface area contributed by atoms with Crippen molar-refractivity contribution < 1.29 is 4.79 Å². The SMILES string of the molecule is CN(C)c1ccc(C(=O)NCCn2nc([C@@H]3CCNC3)c3cccnc32)cc1. The molecular weight excluding hydrogens is 352 g/mol. The van der Waals surface area contributed by atoms with Gasteiger partial charge in [0.25, 0.3) is 5.91 Å². The second-order valence-corrected chi connectivity index (χ2v) is 7.37. The van der Waals surface area contributed by atoms with Gasteiger partial charge in [-0.1, -0.05) is 0 Å². The van der Waals surface area contributed by atoms with Gasteiger partial charge in [-0.2, -0.15) is 5.10 Å². The van der Waals surface area contributed by atoms with E-state index in [0.717, 1.165) is 41.9 Å². The van der Waals surface area contributed by atoms with Crippen molar-refractivity contribution in [3.8, 4) is 0 Å². The number of aromatic nitrogens is 3. The molecule has 4 rings (SSSR count). The molecule has 146 valence electrons. The minimum absolute atomic E-state index is 0.0741. The van der Waals surface area contributed by atoms with Crippen molar-refractivity contribution in [2.45, 2.75) is 18.9 Å². The lowest BCUT2D eigenvalue weighted by molar-refractivity contribution is 0.0952. The number of carbonyl (C=O) groups is 1. The molecule has 1 aromatic carbocycles. The van der Waals surface area contributed by atoms with Gasteiger partial charge in [-0.05, 0) is 49.4 Å². The van der Waals surface area contributed by atoms with E-state index >= 15 is 0 Å². The summed E-state index contributed by atoms with van der Waals surface area (Å²) in [5.74, 6) is 0.354. The van der Waals surface area contributed by atoms with Crippen LogP contribution < -0.4 is 15.5 Å². The molecule has 0 unspecified atom stereocenters. The molecule has 0 bridgehead atoms. The largest absolute Gasteiger partial charge is 0.378 e. The summed E-state index contributed by atoms with van der Waals surface area (Å²) in [5.41, 5.74) is 3.72. The van der Waals surface area contributed by atoms with Crippen molar-refractivity contribution in [2.75, 3.05) is 38.6 Å². The molecule has 1 aliphatic heterocycles. The van der Waals surface area contributed by atoms with E-state index in [1.54, 1.807) is 6.20 Å². The Hall–Kier alpha value is -2.93. The van der Waals surface area contributed by atoms with Gasteiger partial charge >= 0.3 is 0 Å². The number of rotatable bonds is 6. The van der Waals surface area contributed by atoms with Crippen LogP contribution in [-0.2, 0) is 6.54 Å². The first-order valence-electron chi connectivity index (χ1n) is 9.71. The lowest BCUT2D eigenvalue weighted by Gasteiger charge is -2.12. The van der Waals surface area contributed by atoms with Crippen LogP contribution in [0.5, 0.6) is 0 Å². The first-order valence-corrected chi connectivity index (χ1v) is 9.71. The van der Waals surface area contributed by atoms with Crippen LogP contribution in [0.2, 0.25) is 0 Å². The molecule has 7 heteroatoms. The van der Waals surface area contributed by atoms with E-state index in [1.807, 2.05) is 54.0 Å². The lowest BCUT2D eigenvalue weighted by Crippen LogP contribution is -2.27. The highest BCUT2D eigenvalue weighted by molar-refractivity contribution is 5.94. The average molecular weight is 378 g/mol. The third-order valence-corrected chi connectivity index (χ3v) is 5.24. The summed E-state index contributed by atoms with van der Waals surface area (Å²) >= 11 is 0. The van der Waals surface area contributed by atoms with Gasteiger partial charge in [0, 0.05) is 55.9 Å². The molecule has 3 heterocycles. The summed E-state index contributed by atoms with van der Waals surface area (Å²) in [7, 11) is 3.96. The fourth-order valence-corrected chi connectivity index (χ4v) is 3.67. The number of nitrogens with zero attached hydrogens (tertiary/aromatic N) is 4. The minimum Gasteiger partial charge on any atom is -0.378 e. The second-order valence-electron chi connectivity index (χ2n) is 7.37. The Balaban J connectivity index is 1.43. The number of fused-ring (bicyclic) bond motifs is 1. The molecule has 0 saturated carbocycles. The summed E-state index contributed by atoms with van der Waals surface area (Å²) in [5, 5.41) is 12.3. The summed E-state index contributed by atoms with van der Waals surface area (Å²) in [4.78, 5) is 18.9. The second kappa shape index (κ2) is 7.98. The predicted octanol–water partition coefficient (Wildman–Crippen LogP) is 2.00. The zero-order valence-electron chi connectivity index (χ0n) is 16.4. The van der Waals surface area contributed by atoms with Crippen LogP contribution in [0.4, 0.5) is 5.69 Å². The number of hydrogen-bond acceptors (Lipinski definition) is 5. The van der Waals surface area contributed by atoms with Gasteiger partial charge in [0.2, 0.25) is 0 Å². The van der Waals surface area contributed by atoms with Crippen molar-refractivity contribution in [2.24, 2.45) is 0 Å². The topological polar surface area (TPSA) is 75.1 Å². The molecule has 7 nitrogen and oxygen atoms in total. The van der Waals surface area contributed by atoms with Crippen molar-refractivity contribution in [3.05, 3.63) is 53.9 Å². The van der Waals surface area contributed by atoms with E-state index in [4.69, 9.17) is 5.10 Å². The monoisotopic (exact) mass is 378 g/mol. The Bertz CT molecular complexity index is 957. The molecule has 3 aromatic rings. The molecule has 1 saturated heterocycles. The lowest BCUT2D eigenvalue weighted by atomic mass is 10.0. The smallest absolute Gasteiger partial charge is 0.251 e. The summed E-state index contributed by atoms with van der Waals surface area (Å²) in [6.07, 6.45) is 2.89. The zero-order chi connectivity index (χ0) is 19.5. The summed E-state index contributed by atoms with van der Waals surface area (Å²) in [6.45, 7) is 3.09. The number of hydrogen-bond donors (Lipinski definition) is 2. The van der Waals surface area contributed by atoms with Crippen LogP contribution in [0.1, 0.15) is 28.4 Å². The number of anilines is 1. The Morgan fingerprint density at radius 3 is 2.82 bits per heavy atom. The van der Waals surface area contributed by atoms with Gasteiger partial charge in [-0.25, -0.2) is 9.67 Å². The number of benzene rings is 1. The first kappa shape index (κ1) is 18.4. The quantitative estimate of drug-likeness (QED) is 0.686. The Labute approximate surface area is 164 Å². The van der Waals surface area contributed by atoms with Gasteiger partial charge in [0.1, 0.15) is 0 Å². The predicted molar refractivity (Wildman–Crippen MR) is 111 cm³/mol. The molecule has 1 fully saturated rings. The first-order chi connectivity index (χ1) is 13.6. The Morgan fingerprint density at radius 1 is 1.29 bits per heavy atom. The molecule has 0 radical (unpaired) electrons. The molecule has 1 amide bonds. The fourth-order valence-electron chi connectivity index (χ4n) is 3.67. The van der Waals surface area contributed by atoms with Gasteiger partial charge < -0.3 is 15.5 Å². The fraction of sp³-hybridized carbons (Fsp3) is 0.381. The third kappa shape index (κ3) is 3.71. The zero-order valence-corrected chi connectivity index (χ0v) is 16.4. The Morgan fingerprint density at radius 2 is 2.11 bits per heavy atom. The van der Waals surface area contributed by atoms with E-state index in [2.05, 4.69) is 21.7 Å². The van der Waals surface area contributed by atoms with Crippen molar-refractivity contribution >= 4 is 22.6 Å². The van der Waals surface area contributed by atoms with E-state index < -0.39 is 0 Å². The van der Waals surface area contributed by atoms with Crippen molar-refractivity contribution in [3.63, 3.8) is 0 Å². The van der Waals surface area contributed by atoms with Crippen LogP contribution >= 0.6 is 0 Å². The van der Waals surface area contributed by atoms with Gasteiger partial charge in [0.15, 0.2) is 5.65 Å². The molecule has 0 spiro atoms. The standard InChI is InChI=1S/C21H26N6O/c1-26(2)17-7-5-15(6-8-17)21(28)24-12-13-27-20-18(4-3-10-23-20)19(25-27)16-9-11-22-14-16/h3-8,10,16,22H,9,11-14H2,1-2H3,(H,24,28)/t16-/m1/s1. The van der Waals surface area contributed by atoms with Crippen LogP contribution in [-0.4, -0.2) is 54.4 Å². The molecule has 0 aliphatic carbocycles. The summed E-state index contributed by atoms with van der Waals surface area (Å²) in [6, 6.07) is 11.6. The molecule has 1 atom stereocenters. The molecule has 2 aromatic heterocycles.